The third-order valence-electron chi connectivity index (χ3n) is 3.99. The molecule has 2 nitrogen and oxygen atoms in total. The normalized spacial score (nSPS) is 14.5. The highest BCUT2D eigenvalue weighted by Crippen LogP contribution is 2.15. The monoisotopic (exact) mass is 315 g/mol. The maximum atomic E-state index is 9.73. The lowest BCUT2D eigenvalue weighted by atomic mass is 10.0. The molecule has 0 fully saturated rings. The van der Waals surface area contributed by atoms with Crippen molar-refractivity contribution in [2.75, 3.05) is 0 Å². The van der Waals surface area contributed by atoms with Gasteiger partial charge in [0.05, 0.1) is 18.6 Å². The van der Waals surface area contributed by atoms with E-state index in [2.05, 4.69) is 45.6 Å². The van der Waals surface area contributed by atoms with Crippen molar-refractivity contribution >= 4 is 0 Å². The number of hydrogen-bond donors (Lipinski definition) is 1. The zero-order valence-electron chi connectivity index (χ0n) is 15.4. The van der Waals surface area contributed by atoms with Crippen molar-refractivity contribution in [2.45, 2.75) is 78.7 Å². The number of hydrogen-bond acceptors (Lipinski definition) is 2. The third-order valence-corrected chi connectivity index (χ3v) is 3.99. The number of nitrogens with zero attached hydrogens (tertiary/aromatic N) is 1. The van der Waals surface area contributed by atoms with Crippen LogP contribution in [0.3, 0.4) is 0 Å². The van der Waals surface area contributed by atoms with Crippen molar-refractivity contribution in [3.63, 3.8) is 0 Å². The molecule has 0 aliphatic carbocycles. The molecule has 0 aromatic carbocycles. The van der Waals surface area contributed by atoms with Crippen LogP contribution < -0.4 is 0 Å². The summed E-state index contributed by atoms with van der Waals surface area (Å²) in [7, 11) is 0. The molecule has 2 heteroatoms. The second kappa shape index (κ2) is 12.9. The van der Waals surface area contributed by atoms with Crippen LogP contribution in [0.25, 0.3) is 0 Å². The first-order valence-electron chi connectivity index (χ1n) is 8.54. The Morgan fingerprint density at radius 3 is 1.91 bits per heavy atom. The van der Waals surface area contributed by atoms with Gasteiger partial charge in [-0.3, -0.25) is 0 Å². The fourth-order valence-corrected chi connectivity index (χ4v) is 2.23. The minimum absolute atomic E-state index is 0.377. The summed E-state index contributed by atoms with van der Waals surface area (Å²) in [6.45, 7) is 12.1. The lowest BCUT2D eigenvalue weighted by Gasteiger charge is -2.10. The van der Waals surface area contributed by atoms with Gasteiger partial charge in [0, 0.05) is 0 Å². The van der Waals surface area contributed by atoms with Crippen LogP contribution >= 0.6 is 0 Å². The highest BCUT2D eigenvalue weighted by Gasteiger charge is 2.03. The summed E-state index contributed by atoms with van der Waals surface area (Å²) in [5.74, 6) is 0. The van der Waals surface area contributed by atoms with Gasteiger partial charge in [-0.2, -0.15) is 5.26 Å². The Balaban J connectivity index is 4.01. The Hall–Kier alpha value is -1.59. The van der Waals surface area contributed by atoms with Crippen LogP contribution in [0.2, 0.25) is 0 Å². The summed E-state index contributed by atoms with van der Waals surface area (Å²) in [4.78, 5) is 0. The lowest BCUT2D eigenvalue weighted by molar-refractivity contribution is 0.201. The average molecular weight is 316 g/mol. The van der Waals surface area contributed by atoms with E-state index in [0.29, 0.717) is 6.42 Å². The van der Waals surface area contributed by atoms with E-state index in [9.17, 15) is 5.11 Å². The predicted molar refractivity (Wildman–Crippen MR) is 100 cm³/mol. The molecule has 0 aromatic rings. The van der Waals surface area contributed by atoms with Crippen molar-refractivity contribution in [2.24, 2.45) is 0 Å². The van der Waals surface area contributed by atoms with E-state index in [1.165, 1.54) is 16.7 Å². The number of aliphatic hydroxyl groups excluding tert-OH is 1. The summed E-state index contributed by atoms with van der Waals surface area (Å²) < 4.78 is 0. The number of aliphatic hydroxyl groups is 1. The Labute approximate surface area is 142 Å². The molecule has 23 heavy (non-hydrogen) atoms. The summed E-state index contributed by atoms with van der Waals surface area (Å²) >= 11 is 0. The van der Waals surface area contributed by atoms with Gasteiger partial charge in [-0.05, 0) is 66.2 Å². The van der Waals surface area contributed by atoms with Gasteiger partial charge in [0.2, 0.25) is 0 Å². The minimum atomic E-state index is -0.377. The van der Waals surface area contributed by atoms with E-state index in [-0.39, 0.29) is 6.10 Å². The van der Waals surface area contributed by atoms with E-state index in [1.807, 2.05) is 13.0 Å². The molecule has 0 amide bonds. The zero-order valence-corrected chi connectivity index (χ0v) is 15.4. The molecule has 0 saturated heterocycles. The SMILES string of the molecule is C=C(C)C(O)CC/C(C)=C/CC/C(C)=C/CC/C(C)=C/CC#N. The molecule has 1 N–H and O–H groups in total. The number of rotatable bonds is 11. The van der Waals surface area contributed by atoms with Gasteiger partial charge in [0.15, 0.2) is 0 Å². The maximum absolute atomic E-state index is 9.73. The van der Waals surface area contributed by atoms with E-state index >= 15 is 0 Å². The molecule has 0 rings (SSSR count). The van der Waals surface area contributed by atoms with Gasteiger partial charge in [-0.15, -0.1) is 0 Å². The van der Waals surface area contributed by atoms with Crippen LogP contribution in [0.15, 0.2) is 47.1 Å². The van der Waals surface area contributed by atoms with Gasteiger partial charge in [-0.1, -0.05) is 47.1 Å². The van der Waals surface area contributed by atoms with E-state index in [0.717, 1.165) is 44.1 Å². The molecule has 1 atom stereocenters. The van der Waals surface area contributed by atoms with Gasteiger partial charge in [0.25, 0.3) is 0 Å². The molecule has 1 unspecified atom stereocenters. The van der Waals surface area contributed by atoms with E-state index in [4.69, 9.17) is 5.26 Å². The zero-order chi connectivity index (χ0) is 17.7. The summed E-state index contributed by atoms with van der Waals surface area (Å²) in [6, 6.07) is 2.14. The van der Waals surface area contributed by atoms with Gasteiger partial charge < -0.3 is 5.11 Å². The third kappa shape index (κ3) is 12.6. The smallest absolute Gasteiger partial charge is 0.0747 e. The Morgan fingerprint density at radius 2 is 1.43 bits per heavy atom. The van der Waals surface area contributed by atoms with Crippen LogP contribution in [0.5, 0.6) is 0 Å². The first-order chi connectivity index (χ1) is 10.9. The molecule has 0 radical (unpaired) electrons. The molecule has 0 spiro atoms. The highest BCUT2D eigenvalue weighted by atomic mass is 16.3. The first kappa shape index (κ1) is 21.4. The largest absolute Gasteiger partial charge is 0.389 e. The average Bonchev–Trinajstić information content (AvgIpc) is 2.50. The Kier molecular flexibility index (Phi) is 12.0. The predicted octanol–water partition coefficient (Wildman–Crippen LogP) is 6.02. The van der Waals surface area contributed by atoms with E-state index in [1.54, 1.807) is 0 Å². The maximum Gasteiger partial charge on any atom is 0.0747 e. The molecule has 0 saturated carbocycles. The topological polar surface area (TPSA) is 44.0 Å². The molecule has 0 bridgehead atoms. The fourth-order valence-electron chi connectivity index (χ4n) is 2.23. The Bertz CT molecular complexity index is 488. The van der Waals surface area contributed by atoms with Crippen LogP contribution in [0, 0.1) is 11.3 Å². The van der Waals surface area contributed by atoms with Crippen LogP contribution in [-0.4, -0.2) is 11.2 Å². The second-order valence-electron chi connectivity index (χ2n) is 6.49. The summed E-state index contributed by atoms with van der Waals surface area (Å²) in [5, 5.41) is 18.3. The van der Waals surface area contributed by atoms with Gasteiger partial charge in [0.1, 0.15) is 0 Å². The van der Waals surface area contributed by atoms with Crippen molar-refractivity contribution < 1.29 is 5.11 Å². The highest BCUT2D eigenvalue weighted by molar-refractivity contribution is 5.07. The molecule has 0 aliphatic rings. The van der Waals surface area contributed by atoms with Crippen molar-refractivity contribution in [3.8, 4) is 6.07 Å². The second-order valence-corrected chi connectivity index (χ2v) is 6.49. The molecule has 128 valence electrons. The van der Waals surface area contributed by atoms with Crippen LogP contribution in [0.1, 0.15) is 72.6 Å². The minimum Gasteiger partial charge on any atom is -0.389 e. The summed E-state index contributed by atoms with van der Waals surface area (Å²) in [6.07, 6.45) is 12.6. The van der Waals surface area contributed by atoms with Gasteiger partial charge in [-0.25, -0.2) is 0 Å². The lowest BCUT2D eigenvalue weighted by Crippen LogP contribution is -2.06. The molecule has 0 aliphatic heterocycles. The molecular weight excluding hydrogens is 282 g/mol. The standard InChI is InChI=1S/C21H33NO/c1-17(2)21(23)15-14-20(5)12-7-10-18(3)9-6-11-19(4)13-8-16-22/h9,12-13,21,23H,1,6-8,10-11,14-15H2,2-5H3/b18-9+,19-13+,20-12+. The summed E-state index contributed by atoms with van der Waals surface area (Å²) in [5.41, 5.74) is 4.90. The van der Waals surface area contributed by atoms with Gasteiger partial charge >= 0.3 is 0 Å². The first-order valence-corrected chi connectivity index (χ1v) is 8.54. The van der Waals surface area contributed by atoms with E-state index < -0.39 is 0 Å². The quantitative estimate of drug-likeness (QED) is 0.474. The number of allylic oxidation sites excluding steroid dienone is 6. The van der Waals surface area contributed by atoms with Crippen molar-refractivity contribution in [3.05, 3.63) is 47.1 Å². The van der Waals surface area contributed by atoms with Crippen molar-refractivity contribution in [1.82, 2.24) is 0 Å². The van der Waals surface area contributed by atoms with Crippen molar-refractivity contribution in [1.29, 1.82) is 5.26 Å². The number of nitriles is 1. The molecule has 0 aromatic heterocycles. The molecular formula is C21H33NO. The fraction of sp³-hybridized carbons (Fsp3) is 0.571. The Morgan fingerprint density at radius 1 is 0.957 bits per heavy atom. The van der Waals surface area contributed by atoms with Crippen LogP contribution in [-0.2, 0) is 0 Å². The molecule has 0 heterocycles. The van der Waals surface area contributed by atoms with Crippen LogP contribution in [0.4, 0.5) is 0 Å².